The minimum atomic E-state index is 0.00247. The predicted octanol–water partition coefficient (Wildman–Crippen LogP) is 0.839. The van der Waals surface area contributed by atoms with Gasteiger partial charge in [0.2, 0.25) is 0 Å². The van der Waals surface area contributed by atoms with Crippen LogP contribution < -0.4 is 11.3 Å². The van der Waals surface area contributed by atoms with E-state index in [2.05, 4.69) is 10.1 Å². The van der Waals surface area contributed by atoms with Crippen molar-refractivity contribution in [2.24, 2.45) is 10.9 Å². The third-order valence-corrected chi connectivity index (χ3v) is 3.86. The predicted molar refractivity (Wildman–Crippen MR) is 77.9 cm³/mol. The summed E-state index contributed by atoms with van der Waals surface area (Å²) in [4.78, 5) is 13.9. The maximum absolute atomic E-state index is 11.7. The maximum atomic E-state index is 11.7. The molecular formula is C14H22N4O2. The van der Waals surface area contributed by atoms with Gasteiger partial charge in [0.25, 0.3) is 5.56 Å². The maximum Gasteiger partial charge on any atom is 0.250 e. The molecule has 1 fully saturated rings. The Hall–Kier alpha value is -1.82. The van der Waals surface area contributed by atoms with Gasteiger partial charge in [-0.3, -0.25) is 9.69 Å². The molecule has 0 aliphatic heterocycles. The van der Waals surface area contributed by atoms with Crippen LogP contribution in [0.3, 0.4) is 0 Å². The largest absolute Gasteiger partial charge is 0.409 e. The zero-order chi connectivity index (χ0) is 14.4. The lowest BCUT2D eigenvalue weighted by atomic mass is 10.2. The molecule has 1 aromatic heterocycles. The van der Waals surface area contributed by atoms with E-state index in [0.29, 0.717) is 19.1 Å². The van der Waals surface area contributed by atoms with E-state index >= 15 is 0 Å². The summed E-state index contributed by atoms with van der Waals surface area (Å²) >= 11 is 0. The summed E-state index contributed by atoms with van der Waals surface area (Å²) < 4.78 is 1.69. The molecule has 6 nitrogen and oxygen atoms in total. The topological polar surface area (TPSA) is 83.8 Å². The average molecular weight is 278 g/mol. The van der Waals surface area contributed by atoms with Crippen LogP contribution in [0.15, 0.2) is 34.3 Å². The number of aromatic nitrogens is 1. The van der Waals surface area contributed by atoms with Crippen LogP contribution in [0.25, 0.3) is 0 Å². The Morgan fingerprint density at radius 2 is 2.20 bits per heavy atom. The molecule has 0 atom stereocenters. The van der Waals surface area contributed by atoms with Crippen molar-refractivity contribution in [1.82, 2.24) is 9.47 Å². The summed E-state index contributed by atoms with van der Waals surface area (Å²) in [5.41, 5.74) is 5.63. The minimum absolute atomic E-state index is 0.00247. The van der Waals surface area contributed by atoms with Crippen molar-refractivity contribution < 1.29 is 5.21 Å². The Balaban J connectivity index is 2.00. The van der Waals surface area contributed by atoms with Crippen LogP contribution in [0, 0.1) is 0 Å². The molecule has 1 aromatic rings. The normalized spacial score (nSPS) is 16.9. The highest BCUT2D eigenvalue weighted by Gasteiger charge is 2.23. The smallest absolute Gasteiger partial charge is 0.250 e. The number of rotatable bonds is 6. The molecule has 0 amide bonds. The third-order valence-electron chi connectivity index (χ3n) is 3.86. The van der Waals surface area contributed by atoms with E-state index in [1.165, 1.54) is 12.8 Å². The van der Waals surface area contributed by atoms with Crippen LogP contribution in [0.1, 0.15) is 25.7 Å². The molecule has 6 heteroatoms. The van der Waals surface area contributed by atoms with Gasteiger partial charge in [-0.15, -0.1) is 0 Å². The molecule has 0 unspecified atom stereocenters. The van der Waals surface area contributed by atoms with Crippen LogP contribution >= 0.6 is 0 Å². The minimum Gasteiger partial charge on any atom is -0.409 e. The third kappa shape index (κ3) is 3.84. The summed E-state index contributed by atoms with van der Waals surface area (Å²) in [6.07, 6.45) is 6.52. The fourth-order valence-electron chi connectivity index (χ4n) is 2.78. The van der Waals surface area contributed by atoms with E-state index < -0.39 is 0 Å². The average Bonchev–Trinajstić information content (AvgIpc) is 2.98. The molecule has 0 spiro atoms. The molecule has 0 radical (unpaired) electrons. The van der Waals surface area contributed by atoms with Crippen LogP contribution in [-0.2, 0) is 6.54 Å². The second-order valence-corrected chi connectivity index (χ2v) is 5.23. The van der Waals surface area contributed by atoms with Crippen molar-refractivity contribution in [3.8, 4) is 0 Å². The van der Waals surface area contributed by atoms with Gasteiger partial charge in [0, 0.05) is 31.4 Å². The van der Waals surface area contributed by atoms with Gasteiger partial charge < -0.3 is 15.5 Å². The van der Waals surface area contributed by atoms with Crippen molar-refractivity contribution in [2.45, 2.75) is 38.3 Å². The number of nitrogens with zero attached hydrogens (tertiary/aromatic N) is 3. The fraction of sp³-hybridized carbons (Fsp3) is 0.571. The quantitative estimate of drug-likeness (QED) is 0.349. The molecule has 3 N–H and O–H groups in total. The Labute approximate surface area is 118 Å². The summed E-state index contributed by atoms with van der Waals surface area (Å²) in [5.74, 6) is 0.220. The number of hydrogen-bond donors (Lipinski definition) is 2. The van der Waals surface area contributed by atoms with Gasteiger partial charge in [0.15, 0.2) is 5.84 Å². The molecule has 1 saturated carbocycles. The van der Waals surface area contributed by atoms with Gasteiger partial charge in [-0.25, -0.2) is 0 Å². The lowest BCUT2D eigenvalue weighted by Gasteiger charge is -2.28. The van der Waals surface area contributed by atoms with Crippen molar-refractivity contribution in [3.63, 3.8) is 0 Å². The Bertz CT molecular complexity index is 506. The lowest BCUT2D eigenvalue weighted by Crippen LogP contribution is -2.42. The number of oxime groups is 1. The SMILES string of the molecule is N/C(CN(CCn1ccccc1=O)C1CCCC1)=N/O. The standard InChI is InChI=1S/C14H22N4O2/c15-13(16-20)11-18(12-5-1-2-6-12)10-9-17-8-4-3-7-14(17)19/h3-4,7-8,12,20H,1-2,5-6,9-11H2,(H2,15,16). The van der Waals surface area contributed by atoms with Gasteiger partial charge in [0.1, 0.15) is 0 Å². The first-order valence-corrected chi connectivity index (χ1v) is 7.06. The van der Waals surface area contributed by atoms with Crippen molar-refractivity contribution in [2.75, 3.05) is 13.1 Å². The van der Waals surface area contributed by atoms with Crippen LogP contribution in [0.5, 0.6) is 0 Å². The first-order valence-electron chi connectivity index (χ1n) is 7.06. The van der Waals surface area contributed by atoms with E-state index in [1.54, 1.807) is 22.9 Å². The second kappa shape index (κ2) is 7.09. The van der Waals surface area contributed by atoms with Crippen LogP contribution in [-0.4, -0.2) is 39.6 Å². The number of amidine groups is 1. The molecule has 20 heavy (non-hydrogen) atoms. The highest BCUT2D eigenvalue weighted by atomic mass is 16.4. The molecule has 110 valence electrons. The lowest BCUT2D eigenvalue weighted by molar-refractivity contribution is 0.213. The van der Waals surface area contributed by atoms with Gasteiger partial charge >= 0.3 is 0 Å². The highest BCUT2D eigenvalue weighted by Crippen LogP contribution is 2.23. The molecule has 0 saturated heterocycles. The van der Waals surface area contributed by atoms with E-state index in [-0.39, 0.29) is 11.4 Å². The Morgan fingerprint density at radius 1 is 1.45 bits per heavy atom. The second-order valence-electron chi connectivity index (χ2n) is 5.23. The van der Waals surface area contributed by atoms with Crippen molar-refractivity contribution >= 4 is 5.84 Å². The molecule has 1 heterocycles. The zero-order valence-corrected chi connectivity index (χ0v) is 11.6. The summed E-state index contributed by atoms with van der Waals surface area (Å²) in [6, 6.07) is 5.62. The first-order chi connectivity index (χ1) is 9.70. The first kappa shape index (κ1) is 14.6. The Morgan fingerprint density at radius 3 is 2.85 bits per heavy atom. The fourth-order valence-corrected chi connectivity index (χ4v) is 2.78. The molecule has 2 rings (SSSR count). The monoisotopic (exact) mass is 278 g/mol. The van der Waals surface area contributed by atoms with Crippen molar-refractivity contribution in [1.29, 1.82) is 0 Å². The summed E-state index contributed by atoms with van der Waals surface area (Å²) in [7, 11) is 0. The van der Waals surface area contributed by atoms with Crippen molar-refractivity contribution in [3.05, 3.63) is 34.7 Å². The van der Waals surface area contributed by atoms with Gasteiger partial charge in [0.05, 0.1) is 6.54 Å². The summed E-state index contributed by atoms with van der Waals surface area (Å²) in [5, 5.41) is 11.8. The van der Waals surface area contributed by atoms with Gasteiger partial charge in [-0.2, -0.15) is 0 Å². The number of pyridine rings is 1. The van der Waals surface area contributed by atoms with E-state index in [0.717, 1.165) is 19.4 Å². The summed E-state index contributed by atoms with van der Waals surface area (Å²) in [6.45, 7) is 1.79. The van der Waals surface area contributed by atoms with Crippen LogP contribution in [0.2, 0.25) is 0 Å². The van der Waals surface area contributed by atoms with Gasteiger partial charge in [-0.1, -0.05) is 24.1 Å². The number of hydrogen-bond acceptors (Lipinski definition) is 4. The van der Waals surface area contributed by atoms with Crippen LogP contribution in [0.4, 0.5) is 0 Å². The van der Waals surface area contributed by atoms with E-state index in [4.69, 9.17) is 10.9 Å². The molecule has 0 aromatic carbocycles. The molecular weight excluding hydrogens is 256 g/mol. The van der Waals surface area contributed by atoms with E-state index in [9.17, 15) is 4.79 Å². The molecule has 0 bridgehead atoms. The van der Waals surface area contributed by atoms with Gasteiger partial charge in [-0.05, 0) is 18.9 Å². The number of nitrogens with two attached hydrogens (primary N) is 1. The molecule has 1 aliphatic carbocycles. The highest BCUT2D eigenvalue weighted by molar-refractivity contribution is 5.81. The molecule has 1 aliphatic rings. The van der Waals surface area contributed by atoms with E-state index in [1.807, 2.05) is 6.07 Å². The Kier molecular flexibility index (Phi) is 5.17. The zero-order valence-electron chi connectivity index (χ0n) is 11.6.